The van der Waals surface area contributed by atoms with E-state index in [-0.39, 0.29) is 30.9 Å². The number of nitriles is 1. The van der Waals surface area contributed by atoms with E-state index in [0.29, 0.717) is 25.9 Å². The SMILES string of the molecule is N#CCC(=O)N1CCC(NC(=O)OCCCl)CC1. The number of amides is 2. The molecule has 1 rings (SSSR count). The number of likely N-dealkylation sites (tertiary alicyclic amines) is 1. The molecule has 1 N–H and O–H groups in total. The van der Waals surface area contributed by atoms with Crippen LogP contribution in [0.15, 0.2) is 0 Å². The highest BCUT2D eigenvalue weighted by molar-refractivity contribution is 6.18. The van der Waals surface area contributed by atoms with Gasteiger partial charge in [0.15, 0.2) is 0 Å². The van der Waals surface area contributed by atoms with E-state index in [0.717, 1.165) is 0 Å². The van der Waals surface area contributed by atoms with Crippen LogP contribution in [0.1, 0.15) is 19.3 Å². The lowest BCUT2D eigenvalue weighted by atomic mass is 10.1. The number of nitrogens with one attached hydrogen (secondary N) is 1. The summed E-state index contributed by atoms with van der Waals surface area (Å²) in [5, 5.41) is 11.2. The summed E-state index contributed by atoms with van der Waals surface area (Å²) in [6.07, 6.45) is 0.785. The fourth-order valence-electron chi connectivity index (χ4n) is 1.79. The first kappa shape index (κ1) is 14.6. The van der Waals surface area contributed by atoms with Crippen molar-refractivity contribution in [2.45, 2.75) is 25.3 Å². The summed E-state index contributed by atoms with van der Waals surface area (Å²) >= 11 is 5.40. The summed E-state index contributed by atoms with van der Waals surface area (Å²) in [6, 6.07) is 1.85. The molecule has 2 amide bonds. The first-order chi connectivity index (χ1) is 8.67. The highest BCUT2D eigenvalue weighted by Gasteiger charge is 2.23. The van der Waals surface area contributed by atoms with Crippen LogP contribution < -0.4 is 5.32 Å². The monoisotopic (exact) mass is 273 g/mol. The molecule has 0 atom stereocenters. The smallest absolute Gasteiger partial charge is 0.407 e. The minimum absolute atomic E-state index is 0.0129. The van der Waals surface area contributed by atoms with E-state index in [1.165, 1.54) is 0 Å². The van der Waals surface area contributed by atoms with Crippen molar-refractivity contribution in [3.05, 3.63) is 0 Å². The van der Waals surface area contributed by atoms with Gasteiger partial charge in [-0.3, -0.25) is 4.79 Å². The molecular weight excluding hydrogens is 258 g/mol. The van der Waals surface area contributed by atoms with Crippen molar-refractivity contribution < 1.29 is 14.3 Å². The summed E-state index contributed by atoms with van der Waals surface area (Å²) in [5.41, 5.74) is 0. The summed E-state index contributed by atoms with van der Waals surface area (Å²) in [6.45, 7) is 1.30. The Morgan fingerprint density at radius 1 is 1.44 bits per heavy atom. The molecule has 1 aliphatic rings. The Hall–Kier alpha value is -1.48. The lowest BCUT2D eigenvalue weighted by Crippen LogP contribution is -2.46. The average Bonchev–Trinajstić information content (AvgIpc) is 2.37. The van der Waals surface area contributed by atoms with Gasteiger partial charge in [0.05, 0.1) is 11.9 Å². The van der Waals surface area contributed by atoms with Gasteiger partial charge in [-0.1, -0.05) is 0 Å². The molecule has 6 nitrogen and oxygen atoms in total. The van der Waals surface area contributed by atoms with Gasteiger partial charge in [0.25, 0.3) is 0 Å². The molecular formula is C11H16ClN3O3. The fourth-order valence-corrected chi connectivity index (χ4v) is 1.87. The van der Waals surface area contributed by atoms with Gasteiger partial charge in [-0.2, -0.15) is 5.26 Å². The van der Waals surface area contributed by atoms with E-state index in [4.69, 9.17) is 21.6 Å². The van der Waals surface area contributed by atoms with Crippen molar-refractivity contribution >= 4 is 23.6 Å². The third-order valence-corrected chi connectivity index (χ3v) is 2.86. The van der Waals surface area contributed by atoms with Crippen LogP contribution in [0.25, 0.3) is 0 Å². The van der Waals surface area contributed by atoms with Crippen LogP contribution in [0.3, 0.4) is 0 Å². The Bertz CT molecular complexity index is 335. The second-order valence-corrected chi connectivity index (χ2v) is 4.34. The quantitative estimate of drug-likeness (QED) is 0.770. The van der Waals surface area contributed by atoms with Crippen molar-refractivity contribution in [2.24, 2.45) is 0 Å². The fraction of sp³-hybridized carbons (Fsp3) is 0.727. The van der Waals surface area contributed by atoms with E-state index >= 15 is 0 Å². The maximum absolute atomic E-state index is 11.4. The van der Waals surface area contributed by atoms with Gasteiger partial charge in [0.1, 0.15) is 13.0 Å². The zero-order valence-electron chi connectivity index (χ0n) is 10.0. The zero-order chi connectivity index (χ0) is 13.4. The first-order valence-electron chi connectivity index (χ1n) is 5.81. The van der Waals surface area contributed by atoms with E-state index in [1.807, 2.05) is 6.07 Å². The number of carbonyl (C=O) groups is 2. The van der Waals surface area contributed by atoms with Crippen LogP contribution in [0.2, 0.25) is 0 Å². The topological polar surface area (TPSA) is 82.4 Å². The normalized spacial score (nSPS) is 15.9. The molecule has 1 saturated heterocycles. The van der Waals surface area contributed by atoms with Crippen molar-refractivity contribution in [3.8, 4) is 6.07 Å². The number of halogens is 1. The molecule has 0 unspecified atom stereocenters. The van der Waals surface area contributed by atoms with Crippen LogP contribution in [0, 0.1) is 11.3 Å². The van der Waals surface area contributed by atoms with Gasteiger partial charge in [0, 0.05) is 19.1 Å². The lowest BCUT2D eigenvalue weighted by Gasteiger charge is -2.31. The lowest BCUT2D eigenvalue weighted by molar-refractivity contribution is -0.131. The maximum Gasteiger partial charge on any atom is 0.407 e. The van der Waals surface area contributed by atoms with Gasteiger partial charge in [0.2, 0.25) is 5.91 Å². The largest absolute Gasteiger partial charge is 0.448 e. The van der Waals surface area contributed by atoms with Gasteiger partial charge >= 0.3 is 6.09 Å². The molecule has 0 bridgehead atoms. The number of piperidine rings is 1. The van der Waals surface area contributed by atoms with Gasteiger partial charge in [-0.25, -0.2) is 4.79 Å². The van der Waals surface area contributed by atoms with E-state index in [1.54, 1.807) is 4.90 Å². The van der Waals surface area contributed by atoms with Crippen LogP contribution >= 0.6 is 11.6 Å². The zero-order valence-corrected chi connectivity index (χ0v) is 10.8. The second kappa shape index (κ2) is 7.77. The number of ether oxygens (including phenoxy) is 1. The molecule has 1 aliphatic heterocycles. The Morgan fingerprint density at radius 3 is 2.67 bits per heavy atom. The number of rotatable bonds is 4. The molecule has 0 aromatic heterocycles. The van der Waals surface area contributed by atoms with Gasteiger partial charge in [-0.15, -0.1) is 11.6 Å². The average molecular weight is 274 g/mol. The highest BCUT2D eigenvalue weighted by atomic mass is 35.5. The minimum Gasteiger partial charge on any atom is -0.448 e. The molecule has 0 aromatic carbocycles. The Balaban J connectivity index is 2.25. The van der Waals surface area contributed by atoms with E-state index in [2.05, 4.69) is 5.32 Å². The number of hydrogen-bond acceptors (Lipinski definition) is 4. The van der Waals surface area contributed by atoms with E-state index in [9.17, 15) is 9.59 Å². The molecule has 0 spiro atoms. The van der Waals surface area contributed by atoms with Crippen molar-refractivity contribution in [1.29, 1.82) is 5.26 Å². The molecule has 1 heterocycles. The Labute approximate surface area is 111 Å². The Morgan fingerprint density at radius 2 is 2.11 bits per heavy atom. The number of carbonyl (C=O) groups excluding carboxylic acids is 2. The first-order valence-corrected chi connectivity index (χ1v) is 6.34. The summed E-state index contributed by atoms with van der Waals surface area (Å²) in [5.74, 6) is 0.120. The Kier molecular flexibility index (Phi) is 6.29. The van der Waals surface area contributed by atoms with Crippen molar-refractivity contribution in [3.63, 3.8) is 0 Å². The van der Waals surface area contributed by atoms with Crippen LogP contribution in [-0.4, -0.2) is 48.5 Å². The third-order valence-electron chi connectivity index (χ3n) is 2.71. The van der Waals surface area contributed by atoms with Crippen molar-refractivity contribution in [2.75, 3.05) is 25.6 Å². The standard InChI is InChI=1S/C11H16ClN3O3/c12-4-8-18-11(17)14-9-2-6-15(7-3-9)10(16)1-5-13/h9H,1-4,6-8H2,(H,14,17). The molecule has 0 saturated carbocycles. The van der Waals surface area contributed by atoms with Gasteiger partial charge < -0.3 is 15.0 Å². The molecule has 0 aliphatic carbocycles. The van der Waals surface area contributed by atoms with E-state index < -0.39 is 6.09 Å². The number of hydrogen-bond donors (Lipinski definition) is 1. The molecule has 18 heavy (non-hydrogen) atoms. The number of alkyl carbamates (subject to hydrolysis) is 1. The van der Waals surface area contributed by atoms with Crippen molar-refractivity contribution in [1.82, 2.24) is 10.2 Å². The minimum atomic E-state index is -0.475. The summed E-state index contributed by atoms with van der Waals surface area (Å²) in [4.78, 5) is 24.4. The number of alkyl halides is 1. The molecule has 7 heteroatoms. The molecule has 1 fully saturated rings. The summed E-state index contributed by atoms with van der Waals surface area (Å²) in [7, 11) is 0. The molecule has 0 radical (unpaired) electrons. The van der Waals surface area contributed by atoms with Crippen LogP contribution in [-0.2, 0) is 9.53 Å². The third kappa shape index (κ3) is 4.80. The predicted molar refractivity (Wildman–Crippen MR) is 65.0 cm³/mol. The van der Waals surface area contributed by atoms with Gasteiger partial charge in [-0.05, 0) is 12.8 Å². The van der Waals surface area contributed by atoms with Crippen LogP contribution in [0.4, 0.5) is 4.79 Å². The second-order valence-electron chi connectivity index (χ2n) is 3.96. The number of nitrogens with zero attached hydrogens (tertiary/aromatic N) is 2. The molecule has 0 aromatic rings. The predicted octanol–water partition coefficient (Wildman–Crippen LogP) is 0.856. The highest BCUT2D eigenvalue weighted by Crippen LogP contribution is 2.11. The maximum atomic E-state index is 11.4. The summed E-state index contributed by atoms with van der Waals surface area (Å²) < 4.78 is 4.80. The molecule has 100 valence electrons. The van der Waals surface area contributed by atoms with Crippen LogP contribution in [0.5, 0.6) is 0 Å².